The number of aliphatic imine (C=N–C) groups is 1. The molecular formula is C15H27IN4S. The minimum atomic E-state index is 0. The largest absolute Gasteiger partial charge is 0.370 e. The number of thiazole rings is 1. The fraction of sp³-hybridized carbons (Fsp3) is 0.733. The van der Waals surface area contributed by atoms with Gasteiger partial charge in [0.05, 0.1) is 10.7 Å². The topological polar surface area (TPSA) is 63.3 Å². The van der Waals surface area contributed by atoms with Crippen LogP contribution in [0.5, 0.6) is 0 Å². The highest BCUT2D eigenvalue weighted by atomic mass is 127. The van der Waals surface area contributed by atoms with Crippen LogP contribution < -0.4 is 11.1 Å². The molecule has 6 heteroatoms. The molecule has 0 saturated carbocycles. The summed E-state index contributed by atoms with van der Waals surface area (Å²) in [5.41, 5.74) is 7.17. The molecule has 4 nitrogen and oxygen atoms in total. The van der Waals surface area contributed by atoms with Crippen molar-refractivity contribution in [3.8, 4) is 0 Å². The average molecular weight is 422 g/mol. The molecule has 0 aliphatic heterocycles. The van der Waals surface area contributed by atoms with Gasteiger partial charge in [-0.2, -0.15) is 0 Å². The number of hydrogen-bond acceptors (Lipinski definition) is 3. The quantitative estimate of drug-likeness (QED) is 0.321. The third kappa shape index (κ3) is 6.50. The van der Waals surface area contributed by atoms with Crippen molar-refractivity contribution < 1.29 is 0 Å². The van der Waals surface area contributed by atoms with Gasteiger partial charge >= 0.3 is 0 Å². The Hall–Kier alpha value is -0.370. The van der Waals surface area contributed by atoms with Gasteiger partial charge < -0.3 is 11.1 Å². The molecule has 21 heavy (non-hydrogen) atoms. The lowest BCUT2D eigenvalue weighted by Crippen LogP contribution is -2.33. The molecule has 1 aliphatic rings. The van der Waals surface area contributed by atoms with Crippen LogP contribution in [0.2, 0.25) is 0 Å². The minimum Gasteiger partial charge on any atom is -0.370 e. The van der Waals surface area contributed by atoms with Gasteiger partial charge in [0.25, 0.3) is 0 Å². The van der Waals surface area contributed by atoms with E-state index in [9.17, 15) is 0 Å². The van der Waals surface area contributed by atoms with Gasteiger partial charge in [-0.25, -0.2) is 4.98 Å². The van der Waals surface area contributed by atoms with Crippen LogP contribution in [-0.2, 0) is 19.3 Å². The maximum Gasteiger partial charge on any atom is 0.188 e. The molecule has 0 aromatic carbocycles. The van der Waals surface area contributed by atoms with E-state index in [4.69, 9.17) is 10.7 Å². The number of fused-ring (bicyclic) bond motifs is 1. The predicted molar refractivity (Wildman–Crippen MR) is 102 cm³/mol. The SMILES string of the molecule is CC(C)CN=C(N)NCCCc1nc2c(s1)CCCC2.I. The number of hydrogen-bond donors (Lipinski definition) is 2. The van der Waals surface area contributed by atoms with Crippen molar-refractivity contribution in [3.63, 3.8) is 0 Å². The second-order valence-corrected chi connectivity index (χ2v) is 7.00. The molecule has 0 atom stereocenters. The van der Waals surface area contributed by atoms with Crippen molar-refractivity contribution in [1.82, 2.24) is 10.3 Å². The van der Waals surface area contributed by atoms with Crippen LogP contribution >= 0.6 is 35.3 Å². The van der Waals surface area contributed by atoms with Gasteiger partial charge in [-0.3, -0.25) is 4.99 Å². The van der Waals surface area contributed by atoms with Gasteiger partial charge in [0, 0.05) is 24.4 Å². The van der Waals surface area contributed by atoms with Crippen molar-refractivity contribution in [2.75, 3.05) is 13.1 Å². The smallest absolute Gasteiger partial charge is 0.188 e. The molecule has 1 aromatic heterocycles. The van der Waals surface area contributed by atoms with Gasteiger partial charge in [-0.05, 0) is 38.0 Å². The second-order valence-electron chi connectivity index (χ2n) is 5.83. The number of aryl methyl sites for hydroxylation is 3. The molecule has 2 rings (SSSR count). The summed E-state index contributed by atoms with van der Waals surface area (Å²) in [4.78, 5) is 10.6. The minimum absolute atomic E-state index is 0. The Bertz CT molecular complexity index is 433. The lowest BCUT2D eigenvalue weighted by atomic mass is 10.0. The Kier molecular flexibility index (Phi) is 8.55. The average Bonchev–Trinajstić information content (AvgIpc) is 2.84. The van der Waals surface area contributed by atoms with Crippen LogP contribution in [0.4, 0.5) is 0 Å². The van der Waals surface area contributed by atoms with Gasteiger partial charge in [-0.15, -0.1) is 35.3 Å². The van der Waals surface area contributed by atoms with Crippen LogP contribution in [0.1, 0.15) is 48.7 Å². The van der Waals surface area contributed by atoms with Crippen LogP contribution in [0.3, 0.4) is 0 Å². The predicted octanol–water partition coefficient (Wildman–Crippen LogP) is 3.13. The summed E-state index contributed by atoms with van der Waals surface area (Å²) in [6.45, 7) is 5.94. The zero-order valence-corrected chi connectivity index (χ0v) is 16.2. The van der Waals surface area contributed by atoms with Crippen LogP contribution in [0, 0.1) is 5.92 Å². The van der Waals surface area contributed by atoms with E-state index in [2.05, 4.69) is 24.2 Å². The van der Waals surface area contributed by atoms with E-state index in [-0.39, 0.29) is 24.0 Å². The van der Waals surface area contributed by atoms with E-state index < -0.39 is 0 Å². The zero-order valence-electron chi connectivity index (χ0n) is 13.0. The third-order valence-electron chi connectivity index (χ3n) is 3.39. The summed E-state index contributed by atoms with van der Waals surface area (Å²) < 4.78 is 0. The fourth-order valence-corrected chi connectivity index (χ4v) is 3.50. The molecular weight excluding hydrogens is 395 g/mol. The first-order valence-electron chi connectivity index (χ1n) is 7.66. The summed E-state index contributed by atoms with van der Waals surface area (Å²) in [5, 5.41) is 4.46. The van der Waals surface area contributed by atoms with Gasteiger partial charge in [0.15, 0.2) is 5.96 Å². The Morgan fingerprint density at radius 2 is 2.14 bits per heavy atom. The van der Waals surface area contributed by atoms with Gasteiger partial charge in [0.1, 0.15) is 0 Å². The molecule has 120 valence electrons. The number of nitrogens with zero attached hydrogens (tertiary/aromatic N) is 2. The molecule has 0 spiro atoms. The maximum absolute atomic E-state index is 5.81. The number of rotatable bonds is 6. The Morgan fingerprint density at radius 3 is 2.86 bits per heavy atom. The van der Waals surface area contributed by atoms with Gasteiger partial charge in [0.2, 0.25) is 0 Å². The number of aromatic nitrogens is 1. The summed E-state index contributed by atoms with van der Waals surface area (Å²) in [6.07, 6.45) is 7.16. The Balaban J connectivity index is 0.00000220. The monoisotopic (exact) mass is 422 g/mol. The molecule has 1 aliphatic carbocycles. The summed E-state index contributed by atoms with van der Waals surface area (Å²) >= 11 is 1.91. The Labute approximate surface area is 149 Å². The molecule has 3 N–H and O–H groups in total. The number of nitrogens with two attached hydrogens (primary N) is 1. The van der Waals surface area contributed by atoms with Crippen LogP contribution in [0.15, 0.2) is 4.99 Å². The van der Waals surface area contributed by atoms with Crippen LogP contribution in [-0.4, -0.2) is 24.0 Å². The van der Waals surface area contributed by atoms with Crippen molar-refractivity contribution in [3.05, 3.63) is 15.6 Å². The second kappa shape index (κ2) is 9.61. The molecule has 1 aromatic rings. The van der Waals surface area contributed by atoms with E-state index in [0.29, 0.717) is 11.9 Å². The lowest BCUT2D eigenvalue weighted by molar-refractivity contribution is 0.659. The number of guanidine groups is 1. The summed E-state index contributed by atoms with van der Waals surface area (Å²) in [6, 6.07) is 0. The maximum atomic E-state index is 5.81. The standard InChI is InChI=1S/C15H26N4S.HI/c1-11(2)10-18-15(16)17-9-5-8-14-19-12-6-3-4-7-13(12)20-14;/h11H,3-10H2,1-2H3,(H3,16,17,18);1H. The molecule has 0 fully saturated rings. The lowest BCUT2D eigenvalue weighted by Gasteiger charge is -2.06. The first-order chi connectivity index (χ1) is 9.65. The van der Waals surface area contributed by atoms with Gasteiger partial charge in [-0.1, -0.05) is 13.8 Å². The van der Waals surface area contributed by atoms with E-state index in [1.54, 1.807) is 0 Å². The van der Waals surface area contributed by atoms with Crippen LogP contribution in [0.25, 0.3) is 0 Å². The third-order valence-corrected chi connectivity index (χ3v) is 4.61. The molecule has 0 bridgehead atoms. The van der Waals surface area contributed by atoms with E-state index in [1.165, 1.54) is 41.3 Å². The first kappa shape index (κ1) is 18.7. The highest BCUT2D eigenvalue weighted by Crippen LogP contribution is 2.27. The normalized spacial score (nSPS) is 14.7. The van der Waals surface area contributed by atoms with Crippen molar-refractivity contribution in [1.29, 1.82) is 0 Å². The summed E-state index contributed by atoms with van der Waals surface area (Å²) in [7, 11) is 0. The fourth-order valence-electron chi connectivity index (χ4n) is 2.31. The molecule has 1 heterocycles. The van der Waals surface area contributed by atoms with E-state index in [1.807, 2.05) is 11.3 Å². The highest BCUT2D eigenvalue weighted by molar-refractivity contribution is 14.0. The molecule has 0 amide bonds. The first-order valence-corrected chi connectivity index (χ1v) is 8.48. The van der Waals surface area contributed by atoms with Crippen molar-refractivity contribution in [2.45, 2.75) is 52.4 Å². The Morgan fingerprint density at radius 1 is 1.38 bits per heavy atom. The highest BCUT2D eigenvalue weighted by Gasteiger charge is 2.14. The summed E-state index contributed by atoms with van der Waals surface area (Å²) in [5.74, 6) is 1.12. The molecule has 0 radical (unpaired) electrons. The van der Waals surface area contributed by atoms with E-state index >= 15 is 0 Å². The number of halogens is 1. The number of nitrogens with one attached hydrogen (secondary N) is 1. The zero-order chi connectivity index (χ0) is 14.4. The van der Waals surface area contributed by atoms with Crippen molar-refractivity contribution in [2.24, 2.45) is 16.6 Å². The molecule has 0 saturated heterocycles. The molecule has 0 unspecified atom stereocenters. The van der Waals surface area contributed by atoms with Crippen molar-refractivity contribution >= 4 is 41.3 Å². The van der Waals surface area contributed by atoms with E-state index in [0.717, 1.165) is 25.9 Å².